The first-order chi connectivity index (χ1) is 8.65. The Bertz CT molecular complexity index is 480. The van der Waals surface area contributed by atoms with Gasteiger partial charge >= 0.3 is 0 Å². The van der Waals surface area contributed by atoms with E-state index in [0.29, 0.717) is 11.6 Å². The van der Waals surface area contributed by atoms with Crippen molar-refractivity contribution in [2.24, 2.45) is 0 Å². The average Bonchev–Trinajstić information content (AvgIpc) is 2.84. The van der Waals surface area contributed by atoms with Gasteiger partial charge in [0.05, 0.1) is 11.1 Å². The van der Waals surface area contributed by atoms with Crippen LogP contribution in [-0.4, -0.2) is 29.7 Å². The van der Waals surface area contributed by atoms with Gasteiger partial charge in [0, 0.05) is 25.4 Å². The number of rotatable bonds is 4. The minimum atomic E-state index is -0.244. The first kappa shape index (κ1) is 13.1. The monoisotopic (exact) mass is 270 g/mol. The van der Waals surface area contributed by atoms with Gasteiger partial charge in [0.1, 0.15) is 6.54 Å². The van der Waals surface area contributed by atoms with Gasteiger partial charge in [-0.15, -0.1) is 0 Å². The van der Waals surface area contributed by atoms with Crippen LogP contribution in [0.5, 0.6) is 0 Å². The molecule has 1 unspecified atom stereocenters. The highest BCUT2D eigenvalue weighted by atomic mass is 35.5. The van der Waals surface area contributed by atoms with Crippen LogP contribution in [0.15, 0.2) is 23.1 Å². The lowest BCUT2D eigenvalue weighted by atomic mass is 10.2. The van der Waals surface area contributed by atoms with Crippen molar-refractivity contribution in [1.82, 2.24) is 9.88 Å². The van der Waals surface area contributed by atoms with Crippen LogP contribution in [0.2, 0.25) is 5.02 Å². The van der Waals surface area contributed by atoms with E-state index in [1.807, 2.05) is 0 Å². The summed E-state index contributed by atoms with van der Waals surface area (Å²) < 4.78 is 6.68. The molecule has 6 heteroatoms. The number of pyridine rings is 1. The van der Waals surface area contributed by atoms with Crippen molar-refractivity contribution < 1.29 is 9.53 Å². The molecule has 1 fully saturated rings. The van der Waals surface area contributed by atoms with E-state index in [9.17, 15) is 9.59 Å². The molecule has 1 amide bonds. The molecule has 1 aromatic rings. The second-order valence-electron chi connectivity index (χ2n) is 4.25. The maximum Gasteiger partial charge on any atom is 0.251 e. The molecule has 1 saturated heterocycles. The number of aromatic nitrogens is 1. The van der Waals surface area contributed by atoms with Crippen molar-refractivity contribution in [2.45, 2.75) is 25.5 Å². The summed E-state index contributed by atoms with van der Waals surface area (Å²) >= 11 is 5.77. The molecule has 0 bridgehead atoms. The summed E-state index contributed by atoms with van der Waals surface area (Å²) in [6, 6.07) is 2.85. The predicted octanol–water partition coefficient (Wildman–Crippen LogP) is 0.797. The molecule has 0 saturated carbocycles. The van der Waals surface area contributed by atoms with Gasteiger partial charge in [-0.05, 0) is 18.9 Å². The number of halogens is 1. The molecular formula is C12H15ClN2O3. The Kier molecular flexibility index (Phi) is 4.38. The summed E-state index contributed by atoms with van der Waals surface area (Å²) in [5.74, 6) is -0.213. The van der Waals surface area contributed by atoms with E-state index >= 15 is 0 Å². The highest BCUT2D eigenvalue weighted by Gasteiger charge is 2.16. The summed E-state index contributed by atoms with van der Waals surface area (Å²) in [4.78, 5) is 23.1. The smallest absolute Gasteiger partial charge is 0.251 e. The number of ether oxygens (including phenoxy) is 1. The predicted molar refractivity (Wildman–Crippen MR) is 67.7 cm³/mol. The summed E-state index contributed by atoms with van der Waals surface area (Å²) in [7, 11) is 0. The van der Waals surface area contributed by atoms with Crippen molar-refractivity contribution in [3.63, 3.8) is 0 Å². The van der Waals surface area contributed by atoms with Crippen molar-refractivity contribution in [3.05, 3.63) is 33.7 Å². The van der Waals surface area contributed by atoms with Gasteiger partial charge in [-0.2, -0.15) is 0 Å². The molecule has 1 N–H and O–H groups in total. The number of hydrogen-bond donors (Lipinski definition) is 1. The fourth-order valence-corrected chi connectivity index (χ4v) is 2.05. The second kappa shape index (κ2) is 6.02. The molecule has 0 aliphatic carbocycles. The number of nitrogens with zero attached hydrogens (tertiary/aromatic N) is 1. The Balaban J connectivity index is 1.86. The fraction of sp³-hybridized carbons (Fsp3) is 0.500. The zero-order valence-corrected chi connectivity index (χ0v) is 10.7. The van der Waals surface area contributed by atoms with Crippen molar-refractivity contribution >= 4 is 17.5 Å². The van der Waals surface area contributed by atoms with E-state index in [-0.39, 0.29) is 24.1 Å². The normalized spacial score (nSPS) is 18.8. The third-order valence-electron chi connectivity index (χ3n) is 2.81. The lowest BCUT2D eigenvalue weighted by molar-refractivity contribution is -0.122. The van der Waals surface area contributed by atoms with Crippen molar-refractivity contribution in [3.8, 4) is 0 Å². The zero-order valence-electron chi connectivity index (χ0n) is 9.89. The molecule has 0 aromatic carbocycles. The molecule has 1 aliphatic heterocycles. The minimum absolute atomic E-state index is 0.0217. The number of amides is 1. The summed E-state index contributed by atoms with van der Waals surface area (Å²) in [6.07, 6.45) is 3.56. The highest BCUT2D eigenvalue weighted by Crippen LogP contribution is 2.10. The Morgan fingerprint density at radius 1 is 1.56 bits per heavy atom. The maximum absolute atomic E-state index is 11.7. The first-order valence-corrected chi connectivity index (χ1v) is 6.27. The van der Waals surface area contributed by atoms with Crippen molar-refractivity contribution in [1.29, 1.82) is 0 Å². The van der Waals surface area contributed by atoms with Gasteiger partial charge in [0.2, 0.25) is 5.91 Å². The summed E-state index contributed by atoms with van der Waals surface area (Å²) in [5, 5.41) is 3.18. The largest absolute Gasteiger partial charge is 0.376 e. The number of carbonyl (C=O) groups is 1. The van der Waals surface area contributed by atoms with Crippen LogP contribution < -0.4 is 10.9 Å². The Morgan fingerprint density at radius 3 is 3.11 bits per heavy atom. The van der Waals surface area contributed by atoms with E-state index in [2.05, 4.69) is 5.32 Å². The van der Waals surface area contributed by atoms with E-state index in [4.69, 9.17) is 16.3 Å². The molecule has 2 rings (SSSR count). The highest BCUT2D eigenvalue weighted by molar-refractivity contribution is 6.30. The second-order valence-corrected chi connectivity index (χ2v) is 4.69. The molecule has 1 aromatic heterocycles. The Morgan fingerprint density at radius 2 is 2.39 bits per heavy atom. The quantitative estimate of drug-likeness (QED) is 0.880. The third-order valence-corrected chi connectivity index (χ3v) is 3.04. The van der Waals surface area contributed by atoms with E-state index in [1.165, 1.54) is 22.9 Å². The third kappa shape index (κ3) is 3.58. The molecule has 1 aliphatic rings. The van der Waals surface area contributed by atoms with Crippen LogP contribution in [0.25, 0.3) is 0 Å². The van der Waals surface area contributed by atoms with Gasteiger partial charge in [0.15, 0.2) is 0 Å². The van der Waals surface area contributed by atoms with Crippen LogP contribution in [0.4, 0.5) is 0 Å². The lowest BCUT2D eigenvalue weighted by Gasteiger charge is -2.11. The molecule has 1 atom stereocenters. The van der Waals surface area contributed by atoms with Crippen LogP contribution >= 0.6 is 11.6 Å². The lowest BCUT2D eigenvalue weighted by Crippen LogP contribution is -2.36. The number of carbonyl (C=O) groups excluding carboxylic acids is 1. The van der Waals surface area contributed by atoms with Gasteiger partial charge in [-0.25, -0.2) is 0 Å². The zero-order chi connectivity index (χ0) is 13.0. The summed E-state index contributed by atoms with van der Waals surface area (Å²) in [6.45, 7) is 1.23. The summed E-state index contributed by atoms with van der Waals surface area (Å²) in [5.41, 5.74) is -0.244. The standard InChI is InChI=1S/C12H15ClN2O3/c13-9-3-4-12(17)15(7-9)8-11(16)14-6-10-2-1-5-18-10/h3-4,7,10H,1-2,5-6,8H2,(H,14,16). The van der Waals surface area contributed by atoms with Gasteiger partial charge in [-0.3, -0.25) is 9.59 Å². The molecule has 0 spiro atoms. The van der Waals surface area contributed by atoms with E-state index in [0.717, 1.165) is 19.4 Å². The minimum Gasteiger partial charge on any atom is -0.376 e. The molecule has 98 valence electrons. The molecule has 0 radical (unpaired) electrons. The van der Waals surface area contributed by atoms with Gasteiger partial charge in [-0.1, -0.05) is 11.6 Å². The van der Waals surface area contributed by atoms with E-state index < -0.39 is 0 Å². The molecule has 2 heterocycles. The topological polar surface area (TPSA) is 60.3 Å². The average molecular weight is 271 g/mol. The Hall–Kier alpha value is -1.33. The van der Waals surface area contributed by atoms with Gasteiger partial charge in [0.25, 0.3) is 5.56 Å². The van der Waals surface area contributed by atoms with Crippen LogP contribution in [0, 0.1) is 0 Å². The van der Waals surface area contributed by atoms with Crippen LogP contribution in [0.1, 0.15) is 12.8 Å². The van der Waals surface area contributed by atoms with E-state index in [1.54, 1.807) is 0 Å². The van der Waals surface area contributed by atoms with Crippen LogP contribution in [0.3, 0.4) is 0 Å². The Labute approximate surface area is 110 Å². The first-order valence-electron chi connectivity index (χ1n) is 5.89. The molecular weight excluding hydrogens is 256 g/mol. The van der Waals surface area contributed by atoms with Gasteiger partial charge < -0.3 is 14.6 Å². The molecule has 18 heavy (non-hydrogen) atoms. The van der Waals surface area contributed by atoms with Crippen molar-refractivity contribution in [2.75, 3.05) is 13.2 Å². The number of hydrogen-bond acceptors (Lipinski definition) is 3. The molecule has 5 nitrogen and oxygen atoms in total. The fourth-order valence-electron chi connectivity index (χ4n) is 1.87. The number of nitrogens with one attached hydrogen (secondary N) is 1. The van der Waals surface area contributed by atoms with Crippen LogP contribution in [-0.2, 0) is 16.1 Å². The SMILES string of the molecule is O=C(Cn1cc(Cl)ccc1=O)NCC1CCCO1. The maximum atomic E-state index is 11.7.